The Hall–Kier alpha value is -13.7. The number of aliphatic hydroxyl groups excluding tert-OH is 4. The van der Waals surface area contributed by atoms with Crippen molar-refractivity contribution in [2.45, 2.75) is 95.2 Å². The number of aliphatic hydroxyl groups is 4. The van der Waals surface area contributed by atoms with Crippen molar-refractivity contribution in [3.63, 3.8) is 0 Å². The van der Waals surface area contributed by atoms with E-state index in [1.54, 1.807) is 105 Å². The van der Waals surface area contributed by atoms with Crippen molar-refractivity contribution in [3.8, 4) is 212 Å². The molecule has 0 radical (unpaired) electrons. The van der Waals surface area contributed by atoms with Gasteiger partial charge in [0.05, 0.1) is 31.3 Å². The van der Waals surface area contributed by atoms with Crippen molar-refractivity contribution in [2.24, 2.45) is 11.7 Å². The Balaban J connectivity index is 0.000000263. The zero-order valence-electron chi connectivity index (χ0n) is 54.4. The predicted molar refractivity (Wildman–Crippen MR) is 379 cm³/mol. The lowest BCUT2D eigenvalue weighted by Crippen LogP contribution is -2.28. The van der Waals surface area contributed by atoms with E-state index >= 15 is 0 Å². The number of alkyl halides is 4. The van der Waals surface area contributed by atoms with Gasteiger partial charge < -0.3 is 51.4 Å². The number of Topliss-reactive ketones (excluding diaryl/α,β-unsaturated/α-hetero) is 1. The van der Waals surface area contributed by atoms with Crippen LogP contribution in [0.5, 0.6) is 11.5 Å². The maximum absolute atomic E-state index is 12.7. The highest BCUT2D eigenvalue weighted by molar-refractivity contribution is 5.86. The summed E-state index contributed by atoms with van der Waals surface area (Å²) in [6.45, 7) is -4.82. The molecule has 2 aromatic heterocycles. The monoisotopic (exact) mass is 1360 g/mol. The van der Waals surface area contributed by atoms with Crippen molar-refractivity contribution >= 4 is 35.0 Å². The van der Waals surface area contributed by atoms with E-state index in [0.29, 0.717) is 45.5 Å². The van der Waals surface area contributed by atoms with Crippen LogP contribution in [-0.4, -0.2) is 102 Å². The van der Waals surface area contributed by atoms with Crippen LogP contribution in [0.4, 0.5) is 40.8 Å². The number of halogens is 4. The van der Waals surface area contributed by atoms with Gasteiger partial charge in [-0.05, 0) is 210 Å². The van der Waals surface area contributed by atoms with Crippen LogP contribution in [0.1, 0.15) is 74.8 Å². The van der Waals surface area contributed by atoms with Crippen molar-refractivity contribution in [1.29, 1.82) is 0 Å². The number of benzene rings is 4. The Morgan fingerprint density at radius 3 is 1.09 bits per heavy atom. The minimum Gasteiger partial charge on any atom is -0.481 e. The summed E-state index contributed by atoms with van der Waals surface area (Å²) in [7, 11) is 0. The van der Waals surface area contributed by atoms with E-state index in [1.807, 2.05) is 0 Å². The van der Waals surface area contributed by atoms with Crippen molar-refractivity contribution in [2.75, 3.05) is 23.8 Å². The molecule has 9 N–H and O–H groups in total. The second kappa shape index (κ2) is 46.5. The summed E-state index contributed by atoms with van der Waals surface area (Å²) in [5.41, 5.74) is 10.9. The van der Waals surface area contributed by atoms with Gasteiger partial charge in [0.2, 0.25) is 11.9 Å². The molecule has 2 saturated carbocycles. The summed E-state index contributed by atoms with van der Waals surface area (Å²) in [5, 5.41) is 53.0. The number of carboxylic acid groups (broad SMARTS) is 1. The normalized spacial score (nSPS) is 13.8. The first-order chi connectivity index (χ1) is 49.6. The van der Waals surface area contributed by atoms with Crippen LogP contribution in [0.3, 0.4) is 0 Å². The topological polar surface area (TPSA) is 255 Å². The van der Waals surface area contributed by atoms with Crippen LogP contribution in [0.25, 0.3) is 22.3 Å². The third-order valence-electron chi connectivity index (χ3n) is 13.8. The van der Waals surface area contributed by atoms with Crippen LogP contribution >= 0.6 is 0 Å². The van der Waals surface area contributed by atoms with E-state index in [2.05, 4.69) is 212 Å². The Bertz CT molecular complexity index is 4830. The van der Waals surface area contributed by atoms with Gasteiger partial charge in [-0.3, -0.25) is 9.59 Å². The van der Waals surface area contributed by atoms with E-state index in [0.717, 1.165) is 49.7 Å². The summed E-state index contributed by atoms with van der Waals surface area (Å²) in [4.78, 5) is 40.8. The maximum Gasteiger partial charge on any atom is 0.387 e. The fourth-order valence-electron chi connectivity index (χ4n) is 8.82. The number of anilines is 4. The average Bonchev–Trinajstić information content (AvgIpc) is 0.858. The highest BCUT2D eigenvalue weighted by Crippen LogP contribution is 2.32. The molecule has 504 valence electrons. The number of carboxylic acids is 1. The average molecular weight is 1360 g/mol. The highest BCUT2D eigenvalue weighted by atomic mass is 19.3. The number of aromatic nitrogens is 4. The molecule has 6 atom stereocenters. The van der Waals surface area contributed by atoms with Crippen molar-refractivity contribution < 1.29 is 62.2 Å². The zero-order valence-corrected chi connectivity index (χ0v) is 54.4. The molecular formula is C82H59F4N7O9. The first kappa shape index (κ1) is 79.0. The van der Waals surface area contributed by atoms with Crippen LogP contribution in [0, 0.1) is 184 Å². The lowest BCUT2D eigenvalue weighted by molar-refractivity contribution is -0.139. The molecule has 0 unspecified atom stereocenters. The minimum atomic E-state index is -2.87. The lowest BCUT2D eigenvalue weighted by Gasteiger charge is -2.18. The molecule has 6 aromatic rings. The number of nitrogens with two attached hydrogens (primary N) is 1. The molecule has 0 amide bonds. The zero-order chi connectivity index (χ0) is 73.4. The quantitative estimate of drug-likeness (QED) is 0.0295. The van der Waals surface area contributed by atoms with Crippen LogP contribution in [0.15, 0.2) is 122 Å². The molecule has 0 aliphatic heterocycles. The smallest absolute Gasteiger partial charge is 0.387 e. The number of rotatable bonds is 18. The number of terminal acetylenes is 1. The van der Waals surface area contributed by atoms with Gasteiger partial charge in [0.15, 0.2) is 0 Å². The summed E-state index contributed by atoms with van der Waals surface area (Å²) in [6, 6.07) is 26.1. The molecular weight excluding hydrogens is 1300 g/mol. The largest absolute Gasteiger partial charge is 0.481 e. The number of carbonyl (C=O) groups is 2. The third-order valence-corrected chi connectivity index (χ3v) is 13.8. The van der Waals surface area contributed by atoms with Gasteiger partial charge in [0.1, 0.15) is 23.2 Å². The Labute approximate surface area is 589 Å². The number of carbonyl (C=O) groups excluding carboxylic acids is 1. The highest BCUT2D eigenvalue weighted by Gasteiger charge is 2.30. The van der Waals surface area contributed by atoms with Gasteiger partial charge in [-0.15, -0.1) is 6.42 Å². The van der Waals surface area contributed by atoms with Crippen LogP contribution in [0.2, 0.25) is 0 Å². The second-order valence-corrected chi connectivity index (χ2v) is 20.6. The van der Waals surface area contributed by atoms with E-state index in [4.69, 9.17) is 22.4 Å². The van der Waals surface area contributed by atoms with Crippen molar-refractivity contribution in [3.05, 3.63) is 133 Å². The number of ether oxygens (including phenoxy) is 2. The summed E-state index contributed by atoms with van der Waals surface area (Å²) < 4.78 is 57.6. The second-order valence-electron chi connectivity index (χ2n) is 20.6. The molecule has 8 rings (SSSR count). The van der Waals surface area contributed by atoms with Gasteiger partial charge in [-0.25, -0.2) is 19.9 Å². The number of ketones is 1. The first-order valence-electron chi connectivity index (χ1n) is 30.6. The summed E-state index contributed by atoms with van der Waals surface area (Å²) in [5.74, 6) is 69.9. The maximum atomic E-state index is 12.7. The molecule has 2 aliphatic rings. The molecule has 2 fully saturated rings. The van der Waals surface area contributed by atoms with E-state index in [-0.39, 0.29) is 48.4 Å². The first-order valence-corrected chi connectivity index (χ1v) is 30.6. The number of aliphatic carboxylic acids is 1. The van der Waals surface area contributed by atoms with Gasteiger partial charge in [0.25, 0.3) is 0 Å². The SMILES string of the molecule is C#CC#CC#CC#CC#CC#CC#CC#CC#CC#CC#CC#CC#CC#CC#CC.N[C@H]1CCC[C@H]1O.O=C(C[C@H]1CCC[C@H]1O)[C@@H](CO)c1ccc(Nc2ncc(-c3ccc(OC(F)F)cc3)cn2)cc1.O=C(O)[C@@H](CO)c1ccc(Nc2ncc(-c3ccc(OC(F)F)cc3)cn2)cc1. The number of hydrogen-bond acceptors (Lipinski definition) is 15. The minimum absolute atomic E-state index is 0.0264. The Morgan fingerprint density at radius 1 is 0.480 bits per heavy atom. The Kier molecular flexibility index (Phi) is 36.0. The van der Waals surface area contributed by atoms with Crippen molar-refractivity contribution in [1.82, 2.24) is 19.9 Å². The number of hydrogen-bond donors (Lipinski definition) is 8. The van der Waals surface area contributed by atoms with Crippen LogP contribution < -0.4 is 25.8 Å². The van der Waals surface area contributed by atoms with Gasteiger partial charge in [-0.2, -0.15) is 17.6 Å². The summed E-state index contributed by atoms with van der Waals surface area (Å²) >= 11 is 0. The molecule has 2 heterocycles. The van der Waals surface area contributed by atoms with Crippen LogP contribution in [-0.2, 0) is 9.59 Å². The van der Waals surface area contributed by atoms with E-state index in [9.17, 15) is 42.5 Å². The van der Waals surface area contributed by atoms with Gasteiger partial charge >= 0.3 is 19.2 Å². The predicted octanol–water partition coefficient (Wildman–Crippen LogP) is 8.88. The van der Waals surface area contributed by atoms with Gasteiger partial charge in [-0.1, -0.05) is 60.9 Å². The molecule has 0 spiro atoms. The third kappa shape index (κ3) is 31.0. The van der Waals surface area contributed by atoms with E-state index in [1.165, 1.54) is 24.3 Å². The molecule has 2 aliphatic carbocycles. The van der Waals surface area contributed by atoms with Gasteiger partial charge in [0, 0.05) is 131 Å². The fraction of sp³-hybridized carbons (Fsp3) is 0.220. The molecule has 20 heteroatoms. The molecule has 16 nitrogen and oxygen atoms in total. The molecule has 102 heavy (non-hydrogen) atoms. The van der Waals surface area contributed by atoms with E-state index < -0.39 is 43.7 Å². The number of nitrogens with zero attached hydrogens (tertiary/aromatic N) is 4. The Morgan fingerprint density at radius 2 is 0.814 bits per heavy atom. The molecule has 0 bridgehead atoms. The standard InChI is InChI=1S/C31H4.C26H27F2N3O4.C20H17F2N3O4.C5H11NO/c1-3-5-7-9-11-13-15-17-19-21-23-25-27-29-31-30-28-26-24-22-20-18-16-14-12-10-8-6-4-2;27-25(28)35-21-10-6-16(7-11-21)19-13-29-26(30-14-19)31-20-8-4-17(5-9-20)22(15-32)24(34)12-18-2-1-3-23(18)33;21-19(22)29-16-7-3-12(4-8-16)14-9-23-20(24-10-14)25-15-5-1-13(2-6-15)17(11-26)18(27)28;6-4-2-1-3-5(4)7/h1H,2H3;4-11,13-14,18,22-23,25,32-33H,1-3,12,15H2,(H,29,30,31);1-10,17,19,26H,11H2,(H,27,28)(H,23,24,25);4-5,7H,1-3,6H2/t;18-,22+,23-;17-;4-,5+/m.100/s1. The number of nitrogens with one attached hydrogen (secondary N) is 2. The molecule has 0 saturated heterocycles. The summed E-state index contributed by atoms with van der Waals surface area (Å²) in [6.07, 6.45) is 16.4. The lowest BCUT2D eigenvalue weighted by atomic mass is 9.88. The fourth-order valence-corrected chi connectivity index (χ4v) is 8.82. The molecule has 4 aromatic carbocycles.